The van der Waals surface area contributed by atoms with Crippen LogP contribution in [0.1, 0.15) is 5.56 Å². The first-order valence-electron chi connectivity index (χ1n) is 9.92. The number of halogens is 2. The lowest BCUT2D eigenvalue weighted by Crippen LogP contribution is -2.19. The average Bonchev–Trinajstić information content (AvgIpc) is 3.02. The van der Waals surface area contributed by atoms with E-state index >= 15 is 0 Å². The third-order valence-electron chi connectivity index (χ3n) is 5.10. The van der Waals surface area contributed by atoms with Crippen molar-refractivity contribution in [3.8, 4) is 17.0 Å². The second-order valence-corrected chi connectivity index (χ2v) is 8.83. The first kappa shape index (κ1) is 21.0. The van der Waals surface area contributed by atoms with Gasteiger partial charge in [0.05, 0.1) is 11.2 Å². The largest absolute Gasteiger partial charge is 0.489 e. The van der Waals surface area contributed by atoms with Crippen LogP contribution in [-0.2, 0) is 6.54 Å². The van der Waals surface area contributed by atoms with Crippen molar-refractivity contribution in [3.63, 3.8) is 0 Å². The van der Waals surface area contributed by atoms with Gasteiger partial charge in [-0.1, -0.05) is 76.1 Å². The summed E-state index contributed by atoms with van der Waals surface area (Å²) in [5.74, 6) is 0.882. The van der Waals surface area contributed by atoms with E-state index in [2.05, 4.69) is 88.0 Å². The van der Waals surface area contributed by atoms with E-state index in [1.807, 2.05) is 24.3 Å². The molecule has 1 aromatic heterocycles. The van der Waals surface area contributed by atoms with E-state index in [4.69, 9.17) is 16.3 Å². The van der Waals surface area contributed by atoms with Gasteiger partial charge in [0.15, 0.2) is 5.75 Å². The van der Waals surface area contributed by atoms with Gasteiger partial charge in [0.2, 0.25) is 0 Å². The Bertz CT molecular complexity index is 1150. The van der Waals surface area contributed by atoms with Crippen LogP contribution >= 0.6 is 27.5 Å². The Labute approximate surface area is 191 Å². The predicted molar refractivity (Wildman–Crippen MR) is 130 cm³/mol. The van der Waals surface area contributed by atoms with Crippen molar-refractivity contribution in [1.29, 1.82) is 0 Å². The molecule has 0 amide bonds. The highest BCUT2D eigenvalue weighted by Gasteiger charge is 2.21. The fraction of sp³-hybridized carbons (Fsp3) is 0.200. The molecule has 0 atom stereocenters. The van der Waals surface area contributed by atoms with Crippen LogP contribution in [-0.4, -0.2) is 36.7 Å². The van der Waals surface area contributed by atoms with Gasteiger partial charge in [-0.2, -0.15) is 0 Å². The Morgan fingerprint density at radius 2 is 1.70 bits per heavy atom. The van der Waals surface area contributed by atoms with Crippen LogP contribution in [0, 0.1) is 0 Å². The number of rotatable bonds is 7. The quantitative estimate of drug-likeness (QED) is 0.290. The van der Waals surface area contributed by atoms with Crippen LogP contribution in [0.4, 0.5) is 0 Å². The highest BCUT2D eigenvalue weighted by molar-refractivity contribution is 9.10. The number of hydrogen-bond acceptors (Lipinski definition) is 2. The molecule has 1 heterocycles. The molecule has 154 valence electrons. The van der Waals surface area contributed by atoms with E-state index in [0.717, 1.165) is 45.5 Å². The molecule has 0 aliphatic heterocycles. The van der Waals surface area contributed by atoms with E-state index in [9.17, 15) is 0 Å². The third kappa shape index (κ3) is 4.41. The zero-order valence-electron chi connectivity index (χ0n) is 17.1. The topological polar surface area (TPSA) is 17.4 Å². The van der Waals surface area contributed by atoms with Gasteiger partial charge < -0.3 is 14.2 Å². The number of hydrogen-bond donors (Lipinski definition) is 0. The lowest BCUT2D eigenvalue weighted by atomic mass is 10.1. The molecule has 5 heteroatoms. The number of ether oxygens (including phenoxy) is 1. The molecule has 4 aromatic rings. The van der Waals surface area contributed by atoms with Gasteiger partial charge in [-0.05, 0) is 43.9 Å². The van der Waals surface area contributed by atoms with E-state index in [-0.39, 0.29) is 0 Å². The lowest BCUT2D eigenvalue weighted by molar-refractivity contribution is 0.264. The van der Waals surface area contributed by atoms with Crippen molar-refractivity contribution >= 4 is 38.4 Å². The monoisotopic (exact) mass is 482 g/mol. The number of likely N-dealkylation sites (N-methyl/N-ethyl adjacent to an activating group) is 1. The van der Waals surface area contributed by atoms with Crippen molar-refractivity contribution in [2.75, 3.05) is 27.2 Å². The molecule has 0 N–H and O–H groups in total. The van der Waals surface area contributed by atoms with E-state index in [1.165, 1.54) is 5.56 Å². The second kappa shape index (κ2) is 9.25. The molecule has 4 rings (SSSR count). The van der Waals surface area contributed by atoms with E-state index < -0.39 is 0 Å². The minimum absolute atomic E-state index is 0.605. The number of nitrogens with zero attached hydrogens (tertiary/aromatic N) is 2. The zero-order valence-corrected chi connectivity index (χ0v) is 19.5. The molecule has 0 spiro atoms. The van der Waals surface area contributed by atoms with Crippen LogP contribution in [0.2, 0.25) is 5.02 Å². The summed E-state index contributed by atoms with van der Waals surface area (Å²) in [7, 11) is 4.10. The summed E-state index contributed by atoms with van der Waals surface area (Å²) in [5, 5.41) is 1.74. The molecule has 0 fully saturated rings. The maximum atomic E-state index is 6.39. The highest BCUT2D eigenvalue weighted by Crippen LogP contribution is 2.42. The molecule has 3 nitrogen and oxygen atoms in total. The molecule has 0 aliphatic carbocycles. The SMILES string of the molecule is CN(C)CCOc1c(-c2ccccc2)n(Cc2ccccc2Br)c2ccc(Cl)cc12. The molecule has 0 aliphatic rings. The maximum absolute atomic E-state index is 6.39. The fourth-order valence-electron chi connectivity index (χ4n) is 3.62. The fourth-order valence-corrected chi connectivity index (χ4v) is 4.20. The van der Waals surface area contributed by atoms with Crippen molar-refractivity contribution in [2.24, 2.45) is 0 Å². The Hall–Kier alpha value is -2.27. The van der Waals surface area contributed by atoms with E-state index in [1.54, 1.807) is 0 Å². The summed E-state index contributed by atoms with van der Waals surface area (Å²) in [5.41, 5.74) is 4.51. The first-order chi connectivity index (χ1) is 14.5. The van der Waals surface area contributed by atoms with Crippen LogP contribution in [0.15, 0.2) is 77.3 Å². The standard InChI is InChI=1S/C25H24BrClN2O/c1-28(2)14-15-30-25-21-16-20(27)12-13-23(21)29(17-19-10-6-7-11-22(19)26)24(25)18-8-4-3-5-9-18/h3-13,16H,14-15,17H2,1-2H3. The maximum Gasteiger partial charge on any atom is 0.153 e. The number of fused-ring (bicyclic) bond motifs is 1. The summed E-state index contributed by atoms with van der Waals surface area (Å²) in [4.78, 5) is 2.12. The highest BCUT2D eigenvalue weighted by atomic mass is 79.9. The Morgan fingerprint density at radius 3 is 2.43 bits per heavy atom. The smallest absolute Gasteiger partial charge is 0.153 e. The molecule has 30 heavy (non-hydrogen) atoms. The molecule has 0 unspecified atom stereocenters. The van der Waals surface area contributed by atoms with Gasteiger partial charge in [0, 0.05) is 33.5 Å². The summed E-state index contributed by atoms with van der Waals surface area (Å²) in [6.45, 7) is 2.17. The summed E-state index contributed by atoms with van der Waals surface area (Å²) < 4.78 is 9.80. The normalized spacial score (nSPS) is 11.4. The summed E-state index contributed by atoms with van der Waals surface area (Å²) in [6, 6.07) is 24.8. The third-order valence-corrected chi connectivity index (χ3v) is 6.11. The number of benzene rings is 3. The molecule has 0 bridgehead atoms. The zero-order chi connectivity index (χ0) is 21.1. The van der Waals surface area contributed by atoms with Crippen molar-refractivity contribution < 1.29 is 4.74 Å². The van der Waals surface area contributed by atoms with Gasteiger partial charge in [0.25, 0.3) is 0 Å². The molecule has 3 aromatic carbocycles. The van der Waals surface area contributed by atoms with Crippen molar-refractivity contribution in [1.82, 2.24) is 9.47 Å². The van der Waals surface area contributed by atoms with Crippen LogP contribution in [0.3, 0.4) is 0 Å². The average molecular weight is 484 g/mol. The molecular formula is C25H24BrClN2O. The van der Waals surface area contributed by atoms with Gasteiger partial charge in [0.1, 0.15) is 6.61 Å². The van der Waals surface area contributed by atoms with Gasteiger partial charge >= 0.3 is 0 Å². The van der Waals surface area contributed by atoms with Crippen molar-refractivity contribution in [2.45, 2.75) is 6.54 Å². The van der Waals surface area contributed by atoms with Crippen LogP contribution in [0.25, 0.3) is 22.2 Å². The molecule has 0 saturated carbocycles. The summed E-state index contributed by atoms with van der Waals surface area (Å²) in [6.07, 6.45) is 0. The van der Waals surface area contributed by atoms with Crippen molar-refractivity contribution in [3.05, 3.63) is 87.9 Å². The Morgan fingerprint density at radius 1 is 0.967 bits per heavy atom. The molecule has 0 saturated heterocycles. The Balaban J connectivity index is 1.93. The minimum Gasteiger partial charge on any atom is -0.489 e. The molecule has 0 radical (unpaired) electrons. The predicted octanol–water partition coefficient (Wildman–Crippen LogP) is 6.71. The summed E-state index contributed by atoms with van der Waals surface area (Å²) >= 11 is 10.1. The van der Waals surface area contributed by atoms with Crippen LogP contribution < -0.4 is 4.74 Å². The van der Waals surface area contributed by atoms with Gasteiger partial charge in [-0.25, -0.2) is 0 Å². The Kier molecular flexibility index (Phi) is 6.47. The minimum atomic E-state index is 0.605. The first-order valence-corrected chi connectivity index (χ1v) is 11.1. The van der Waals surface area contributed by atoms with Gasteiger partial charge in [-0.3, -0.25) is 0 Å². The lowest BCUT2D eigenvalue weighted by Gasteiger charge is -2.15. The second-order valence-electron chi connectivity index (χ2n) is 7.53. The van der Waals surface area contributed by atoms with E-state index in [0.29, 0.717) is 11.6 Å². The molecular weight excluding hydrogens is 460 g/mol. The van der Waals surface area contributed by atoms with Gasteiger partial charge in [-0.15, -0.1) is 0 Å². The number of aromatic nitrogens is 1. The van der Waals surface area contributed by atoms with Crippen LogP contribution in [0.5, 0.6) is 5.75 Å².